The van der Waals surface area contributed by atoms with Crippen molar-refractivity contribution in [2.45, 2.75) is 13.0 Å². The number of aryl methyl sites for hydroxylation is 1. The van der Waals surface area contributed by atoms with E-state index in [1.54, 1.807) is 55.3 Å². The second kappa shape index (κ2) is 6.14. The maximum Gasteiger partial charge on any atom is 0.244 e. The predicted molar refractivity (Wildman–Crippen MR) is 75.2 cm³/mol. The van der Waals surface area contributed by atoms with Gasteiger partial charge in [-0.3, -0.25) is 9.48 Å². The van der Waals surface area contributed by atoms with Crippen LogP contribution in [0, 0.1) is 5.82 Å². The molecule has 2 aromatic rings. The van der Waals surface area contributed by atoms with Gasteiger partial charge in [-0.1, -0.05) is 18.2 Å². The van der Waals surface area contributed by atoms with Crippen LogP contribution < -0.4 is 5.32 Å². The maximum atomic E-state index is 13.6. The summed E-state index contributed by atoms with van der Waals surface area (Å²) in [5.74, 6) is -0.596. The van der Waals surface area contributed by atoms with Gasteiger partial charge in [-0.25, -0.2) is 4.39 Å². The Morgan fingerprint density at radius 3 is 2.85 bits per heavy atom. The third-order valence-electron chi connectivity index (χ3n) is 2.88. The fraction of sp³-hybridized carbons (Fsp3) is 0.200. The summed E-state index contributed by atoms with van der Waals surface area (Å²) in [6, 6.07) is 6.01. The van der Waals surface area contributed by atoms with Crippen molar-refractivity contribution in [3.05, 3.63) is 59.7 Å². The van der Waals surface area contributed by atoms with Gasteiger partial charge in [-0.05, 0) is 19.1 Å². The second-order valence-electron chi connectivity index (χ2n) is 4.53. The fourth-order valence-electron chi connectivity index (χ4n) is 1.86. The van der Waals surface area contributed by atoms with Crippen LogP contribution in [0.2, 0.25) is 0 Å². The van der Waals surface area contributed by atoms with Gasteiger partial charge in [0.25, 0.3) is 0 Å². The molecule has 1 aromatic heterocycles. The fourth-order valence-corrected chi connectivity index (χ4v) is 1.86. The van der Waals surface area contributed by atoms with E-state index in [4.69, 9.17) is 0 Å². The average Bonchev–Trinajstić information content (AvgIpc) is 2.82. The van der Waals surface area contributed by atoms with E-state index in [0.29, 0.717) is 5.56 Å². The molecule has 0 radical (unpaired) electrons. The van der Waals surface area contributed by atoms with E-state index in [9.17, 15) is 9.18 Å². The number of rotatable bonds is 4. The van der Waals surface area contributed by atoms with Crippen LogP contribution in [0.5, 0.6) is 0 Å². The molecule has 1 atom stereocenters. The van der Waals surface area contributed by atoms with Gasteiger partial charge in [0.2, 0.25) is 5.91 Å². The highest BCUT2D eigenvalue weighted by molar-refractivity contribution is 5.91. The van der Waals surface area contributed by atoms with Gasteiger partial charge >= 0.3 is 0 Å². The highest BCUT2D eigenvalue weighted by Gasteiger charge is 2.11. The third kappa shape index (κ3) is 3.54. The molecular weight excluding hydrogens is 257 g/mol. The molecule has 104 valence electrons. The number of amides is 1. The van der Waals surface area contributed by atoms with E-state index in [-0.39, 0.29) is 17.8 Å². The molecule has 0 saturated carbocycles. The zero-order chi connectivity index (χ0) is 14.5. The maximum absolute atomic E-state index is 13.6. The van der Waals surface area contributed by atoms with Crippen LogP contribution in [0.3, 0.4) is 0 Å². The summed E-state index contributed by atoms with van der Waals surface area (Å²) >= 11 is 0. The molecule has 0 aliphatic rings. The number of carbonyl (C=O) groups excluding carboxylic acids is 1. The van der Waals surface area contributed by atoms with Crippen molar-refractivity contribution in [1.29, 1.82) is 0 Å². The molecule has 1 aromatic carbocycles. The molecule has 5 heteroatoms. The molecule has 0 fully saturated rings. The van der Waals surface area contributed by atoms with Crippen molar-refractivity contribution in [2.24, 2.45) is 7.05 Å². The molecule has 20 heavy (non-hydrogen) atoms. The number of aromatic nitrogens is 2. The molecule has 4 nitrogen and oxygen atoms in total. The Bertz CT molecular complexity index is 634. The Kier molecular flexibility index (Phi) is 4.30. The SMILES string of the molecule is CC(NC(=O)C=Cc1cnn(C)c1)c1ccccc1F. The van der Waals surface area contributed by atoms with Crippen molar-refractivity contribution in [3.8, 4) is 0 Å². The monoisotopic (exact) mass is 273 g/mol. The lowest BCUT2D eigenvalue weighted by atomic mass is 10.1. The molecule has 0 aliphatic heterocycles. The molecule has 1 N–H and O–H groups in total. The Morgan fingerprint density at radius 1 is 1.45 bits per heavy atom. The molecule has 0 spiro atoms. The lowest BCUT2D eigenvalue weighted by Crippen LogP contribution is -2.25. The van der Waals surface area contributed by atoms with Crippen molar-refractivity contribution in [3.63, 3.8) is 0 Å². The zero-order valence-corrected chi connectivity index (χ0v) is 11.4. The summed E-state index contributed by atoms with van der Waals surface area (Å²) in [6.45, 7) is 1.74. The van der Waals surface area contributed by atoms with Gasteiger partial charge in [-0.15, -0.1) is 0 Å². The van der Waals surface area contributed by atoms with E-state index in [1.807, 2.05) is 0 Å². The molecule has 0 aliphatic carbocycles. The Balaban J connectivity index is 1.98. The first-order valence-corrected chi connectivity index (χ1v) is 6.28. The van der Waals surface area contributed by atoms with Crippen LogP contribution in [0.4, 0.5) is 4.39 Å². The van der Waals surface area contributed by atoms with Crippen LogP contribution in [0.1, 0.15) is 24.1 Å². The van der Waals surface area contributed by atoms with E-state index in [2.05, 4.69) is 10.4 Å². The summed E-state index contributed by atoms with van der Waals surface area (Å²) in [5.41, 5.74) is 1.30. The highest BCUT2D eigenvalue weighted by atomic mass is 19.1. The highest BCUT2D eigenvalue weighted by Crippen LogP contribution is 2.15. The van der Waals surface area contributed by atoms with Crippen LogP contribution in [-0.4, -0.2) is 15.7 Å². The second-order valence-corrected chi connectivity index (χ2v) is 4.53. The van der Waals surface area contributed by atoms with Gasteiger partial charge in [0.1, 0.15) is 5.82 Å². The lowest BCUT2D eigenvalue weighted by Gasteiger charge is -2.13. The summed E-state index contributed by atoms with van der Waals surface area (Å²) < 4.78 is 15.2. The largest absolute Gasteiger partial charge is 0.346 e. The zero-order valence-electron chi connectivity index (χ0n) is 11.4. The number of hydrogen-bond acceptors (Lipinski definition) is 2. The molecule has 0 bridgehead atoms. The summed E-state index contributed by atoms with van der Waals surface area (Å²) in [5, 5.41) is 6.72. The van der Waals surface area contributed by atoms with Crippen molar-refractivity contribution >= 4 is 12.0 Å². The predicted octanol–water partition coefficient (Wildman–Crippen LogP) is 2.45. The number of nitrogens with one attached hydrogen (secondary N) is 1. The normalized spacial score (nSPS) is 12.6. The average molecular weight is 273 g/mol. The van der Waals surface area contributed by atoms with Gasteiger partial charge in [0.05, 0.1) is 12.2 Å². The van der Waals surface area contributed by atoms with Crippen molar-refractivity contribution in [1.82, 2.24) is 15.1 Å². The molecule has 0 saturated heterocycles. The van der Waals surface area contributed by atoms with Crippen LogP contribution in [0.25, 0.3) is 6.08 Å². The first-order chi connectivity index (χ1) is 9.56. The lowest BCUT2D eigenvalue weighted by molar-refractivity contribution is -0.117. The number of nitrogens with zero attached hydrogens (tertiary/aromatic N) is 2. The summed E-state index contributed by atoms with van der Waals surface area (Å²) in [7, 11) is 1.80. The van der Waals surface area contributed by atoms with E-state index < -0.39 is 0 Å². The number of benzene rings is 1. The van der Waals surface area contributed by atoms with E-state index in [1.165, 1.54) is 12.1 Å². The van der Waals surface area contributed by atoms with Crippen LogP contribution >= 0.6 is 0 Å². The molecule has 1 unspecified atom stereocenters. The minimum Gasteiger partial charge on any atom is -0.346 e. The van der Waals surface area contributed by atoms with Crippen LogP contribution in [0.15, 0.2) is 42.7 Å². The molecule has 1 heterocycles. The Labute approximate surface area is 116 Å². The Hall–Kier alpha value is -2.43. The first-order valence-electron chi connectivity index (χ1n) is 6.28. The van der Waals surface area contributed by atoms with Gasteiger partial charge in [-0.2, -0.15) is 5.10 Å². The standard InChI is InChI=1S/C15H16FN3O/c1-11(13-5-3-4-6-14(13)16)18-15(20)8-7-12-9-17-19(2)10-12/h3-11H,1-2H3,(H,18,20). The van der Waals surface area contributed by atoms with Crippen molar-refractivity contribution in [2.75, 3.05) is 0 Å². The summed E-state index contributed by atoms with van der Waals surface area (Å²) in [4.78, 5) is 11.8. The molecule has 2 rings (SSSR count). The quantitative estimate of drug-likeness (QED) is 0.870. The van der Waals surface area contributed by atoms with Crippen molar-refractivity contribution < 1.29 is 9.18 Å². The Morgan fingerprint density at radius 2 is 2.20 bits per heavy atom. The topological polar surface area (TPSA) is 46.9 Å². The van der Waals surface area contributed by atoms with Gasteiger partial charge in [0.15, 0.2) is 0 Å². The summed E-state index contributed by atoms with van der Waals surface area (Å²) in [6.07, 6.45) is 6.53. The van der Waals surface area contributed by atoms with Gasteiger partial charge in [0, 0.05) is 30.4 Å². The number of hydrogen-bond donors (Lipinski definition) is 1. The van der Waals surface area contributed by atoms with Crippen LogP contribution in [-0.2, 0) is 11.8 Å². The smallest absolute Gasteiger partial charge is 0.244 e. The van der Waals surface area contributed by atoms with Gasteiger partial charge < -0.3 is 5.32 Å². The first kappa shape index (κ1) is 14.0. The number of halogens is 1. The molecular formula is C15H16FN3O. The minimum absolute atomic E-state index is 0.274. The third-order valence-corrected chi connectivity index (χ3v) is 2.88. The molecule has 1 amide bonds. The van der Waals surface area contributed by atoms with E-state index >= 15 is 0 Å². The minimum atomic E-state index is -0.387. The number of carbonyl (C=O) groups is 1. The van der Waals surface area contributed by atoms with E-state index in [0.717, 1.165) is 5.56 Å².